The summed E-state index contributed by atoms with van der Waals surface area (Å²) in [7, 11) is 0. The van der Waals surface area contributed by atoms with Crippen molar-refractivity contribution < 1.29 is 14.4 Å². The van der Waals surface area contributed by atoms with Gasteiger partial charge in [0.2, 0.25) is 17.7 Å². The maximum Gasteiger partial charge on any atom is 0.229 e. The van der Waals surface area contributed by atoms with E-state index >= 15 is 0 Å². The summed E-state index contributed by atoms with van der Waals surface area (Å²) in [5, 5.41) is 5.52. The Morgan fingerprint density at radius 2 is 1.59 bits per heavy atom. The van der Waals surface area contributed by atoms with Crippen molar-refractivity contribution >= 4 is 29.1 Å². The number of rotatable bonds is 5. The molecular formula is C21H23N3O3. The fourth-order valence-electron chi connectivity index (χ4n) is 3.10. The highest BCUT2D eigenvalue weighted by Crippen LogP contribution is 2.22. The molecule has 0 aliphatic carbocycles. The molecule has 1 aliphatic rings. The Kier molecular flexibility index (Phi) is 5.54. The van der Waals surface area contributed by atoms with Crippen molar-refractivity contribution in [3.63, 3.8) is 0 Å². The third kappa shape index (κ3) is 4.94. The molecule has 0 aromatic heterocycles. The number of benzene rings is 2. The van der Waals surface area contributed by atoms with Crippen LogP contribution in [0.3, 0.4) is 0 Å². The molecular weight excluding hydrogens is 342 g/mol. The zero-order valence-corrected chi connectivity index (χ0v) is 15.5. The second-order valence-electron chi connectivity index (χ2n) is 6.91. The lowest BCUT2D eigenvalue weighted by Crippen LogP contribution is -2.28. The summed E-state index contributed by atoms with van der Waals surface area (Å²) in [5.74, 6) is -0.679. The van der Waals surface area contributed by atoms with Crippen LogP contribution in [0, 0.1) is 12.8 Å². The van der Waals surface area contributed by atoms with Crippen LogP contribution in [-0.2, 0) is 20.9 Å². The number of hydrogen-bond acceptors (Lipinski definition) is 3. The predicted molar refractivity (Wildman–Crippen MR) is 104 cm³/mol. The van der Waals surface area contributed by atoms with Gasteiger partial charge in [-0.1, -0.05) is 29.8 Å². The summed E-state index contributed by atoms with van der Waals surface area (Å²) in [6.07, 6.45) is 0.224. The SMILES string of the molecule is CC(=O)Nc1ccc(NC(=O)[C@@H]2CC(=O)N(Cc3ccc(C)cc3)C2)cc1. The maximum atomic E-state index is 12.5. The summed E-state index contributed by atoms with van der Waals surface area (Å²) in [6.45, 7) is 4.40. The fraction of sp³-hybridized carbons (Fsp3) is 0.286. The highest BCUT2D eigenvalue weighted by molar-refractivity contribution is 5.97. The molecule has 1 aliphatic heterocycles. The fourth-order valence-corrected chi connectivity index (χ4v) is 3.10. The van der Waals surface area contributed by atoms with E-state index in [0.29, 0.717) is 24.5 Å². The first kappa shape index (κ1) is 18.6. The summed E-state index contributed by atoms with van der Waals surface area (Å²) in [5.41, 5.74) is 3.54. The Balaban J connectivity index is 1.57. The van der Waals surface area contributed by atoms with E-state index < -0.39 is 0 Å². The minimum Gasteiger partial charge on any atom is -0.338 e. The van der Waals surface area contributed by atoms with Gasteiger partial charge in [-0.3, -0.25) is 14.4 Å². The molecule has 2 aromatic carbocycles. The lowest BCUT2D eigenvalue weighted by atomic mass is 10.1. The molecule has 1 atom stereocenters. The summed E-state index contributed by atoms with van der Waals surface area (Å²) in [4.78, 5) is 37.5. The molecule has 140 valence electrons. The van der Waals surface area contributed by atoms with Crippen LogP contribution in [0.4, 0.5) is 11.4 Å². The number of carbonyl (C=O) groups excluding carboxylic acids is 3. The number of anilines is 2. The third-order valence-corrected chi connectivity index (χ3v) is 4.55. The van der Waals surface area contributed by atoms with E-state index in [2.05, 4.69) is 10.6 Å². The molecule has 3 rings (SSSR count). The highest BCUT2D eigenvalue weighted by atomic mass is 16.2. The van der Waals surface area contributed by atoms with Gasteiger partial charge >= 0.3 is 0 Å². The summed E-state index contributed by atoms with van der Waals surface area (Å²) in [6, 6.07) is 14.9. The topological polar surface area (TPSA) is 78.5 Å². The Morgan fingerprint density at radius 3 is 2.19 bits per heavy atom. The van der Waals surface area contributed by atoms with E-state index in [9.17, 15) is 14.4 Å². The predicted octanol–water partition coefficient (Wildman–Crippen LogP) is 2.94. The molecule has 1 saturated heterocycles. The second-order valence-corrected chi connectivity index (χ2v) is 6.91. The molecule has 1 fully saturated rings. The van der Waals surface area contributed by atoms with Gasteiger partial charge in [0.1, 0.15) is 0 Å². The molecule has 27 heavy (non-hydrogen) atoms. The molecule has 0 bridgehead atoms. The van der Waals surface area contributed by atoms with Gasteiger partial charge in [0.05, 0.1) is 5.92 Å². The van der Waals surface area contributed by atoms with Gasteiger partial charge in [-0.15, -0.1) is 0 Å². The van der Waals surface area contributed by atoms with E-state index in [-0.39, 0.29) is 30.1 Å². The van der Waals surface area contributed by atoms with E-state index in [1.807, 2.05) is 31.2 Å². The van der Waals surface area contributed by atoms with Gasteiger partial charge < -0.3 is 15.5 Å². The van der Waals surface area contributed by atoms with Crippen LogP contribution in [0.15, 0.2) is 48.5 Å². The van der Waals surface area contributed by atoms with Crippen LogP contribution in [0.25, 0.3) is 0 Å². The van der Waals surface area contributed by atoms with Gasteiger partial charge in [0.25, 0.3) is 0 Å². The van der Waals surface area contributed by atoms with Gasteiger partial charge in [-0.2, -0.15) is 0 Å². The van der Waals surface area contributed by atoms with E-state index in [1.54, 1.807) is 29.2 Å². The molecule has 0 unspecified atom stereocenters. The third-order valence-electron chi connectivity index (χ3n) is 4.55. The first-order chi connectivity index (χ1) is 12.9. The first-order valence-corrected chi connectivity index (χ1v) is 8.92. The molecule has 0 radical (unpaired) electrons. The Bertz CT molecular complexity index is 844. The minimum atomic E-state index is -0.363. The lowest BCUT2D eigenvalue weighted by Gasteiger charge is -2.17. The summed E-state index contributed by atoms with van der Waals surface area (Å²) >= 11 is 0. The lowest BCUT2D eigenvalue weighted by molar-refractivity contribution is -0.128. The van der Waals surface area contributed by atoms with Crippen molar-refractivity contribution in [1.29, 1.82) is 0 Å². The van der Waals surface area contributed by atoms with Crippen molar-refractivity contribution in [2.45, 2.75) is 26.8 Å². The van der Waals surface area contributed by atoms with Gasteiger partial charge in [0, 0.05) is 37.8 Å². The number of hydrogen-bond donors (Lipinski definition) is 2. The summed E-state index contributed by atoms with van der Waals surface area (Å²) < 4.78 is 0. The zero-order chi connectivity index (χ0) is 19.4. The normalized spacial score (nSPS) is 16.3. The van der Waals surface area contributed by atoms with Crippen LogP contribution in [0.1, 0.15) is 24.5 Å². The smallest absolute Gasteiger partial charge is 0.229 e. The Hall–Kier alpha value is -3.15. The van der Waals surface area contributed by atoms with Crippen LogP contribution in [0.2, 0.25) is 0 Å². The van der Waals surface area contributed by atoms with Crippen molar-refractivity contribution in [1.82, 2.24) is 4.90 Å². The number of carbonyl (C=O) groups is 3. The van der Waals surface area contributed by atoms with Crippen molar-refractivity contribution in [2.75, 3.05) is 17.2 Å². The molecule has 0 saturated carbocycles. The molecule has 3 amide bonds. The molecule has 6 heteroatoms. The van der Waals surface area contributed by atoms with E-state index in [1.165, 1.54) is 12.5 Å². The van der Waals surface area contributed by atoms with Crippen LogP contribution < -0.4 is 10.6 Å². The van der Waals surface area contributed by atoms with Gasteiger partial charge in [-0.05, 0) is 36.8 Å². The van der Waals surface area contributed by atoms with E-state index in [0.717, 1.165) is 5.56 Å². The monoisotopic (exact) mass is 365 g/mol. The first-order valence-electron chi connectivity index (χ1n) is 8.92. The minimum absolute atomic E-state index is 0.00303. The van der Waals surface area contributed by atoms with Crippen LogP contribution >= 0.6 is 0 Å². The molecule has 2 N–H and O–H groups in total. The van der Waals surface area contributed by atoms with Crippen molar-refractivity contribution in [3.8, 4) is 0 Å². The quantitative estimate of drug-likeness (QED) is 0.855. The van der Waals surface area contributed by atoms with Gasteiger partial charge in [0.15, 0.2) is 0 Å². The number of likely N-dealkylation sites (tertiary alicyclic amines) is 1. The van der Waals surface area contributed by atoms with Crippen molar-refractivity contribution in [3.05, 3.63) is 59.7 Å². The Labute approximate surface area is 158 Å². The number of nitrogens with one attached hydrogen (secondary N) is 2. The molecule has 1 heterocycles. The van der Waals surface area contributed by atoms with Crippen LogP contribution in [-0.4, -0.2) is 29.2 Å². The average molecular weight is 365 g/mol. The standard InChI is InChI=1S/C21H23N3O3/c1-14-3-5-16(6-4-14)12-24-13-17(11-20(24)26)21(27)23-19-9-7-18(8-10-19)22-15(2)25/h3-10,17H,11-13H2,1-2H3,(H,22,25)(H,23,27)/t17-/m1/s1. The van der Waals surface area contributed by atoms with Crippen LogP contribution in [0.5, 0.6) is 0 Å². The molecule has 6 nitrogen and oxygen atoms in total. The second kappa shape index (κ2) is 8.03. The molecule has 2 aromatic rings. The highest BCUT2D eigenvalue weighted by Gasteiger charge is 2.34. The zero-order valence-electron chi connectivity index (χ0n) is 15.5. The molecule has 0 spiro atoms. The van der Waals surface area contributed by atoms with Gasteiger partial charge in [-0.25, -0.2) is 0 Å². The number of nitrogens with zero attached hydrogens (tertiary/aromatic N) is 1. The number of aryl methyl sites for hydroxylation is 1. The maximum absolute atomic E-state index is 12.5. The largest absolute Gasteiger partial charge is 0.338 e. The van der Waals surface area contributed by atoms with Crippen molar-refractivity contribution in [2.24, 2.45) is 5.92 Å². The number of amides is 3. The van der Waals surface area contributed by atoms with E-state index in [4.69, 9.17) is 0 Å². The average Bonchev–Trinajstić information content (AvgIpc) is 2.99. The Morgan fingerprint density at radius 1 is 1.00 bits per heavy atom.